The molecular weight excluding hydrogens is 356 g/mol. The monoisotopic (exact) mass is 378 g/mol. The highest BCUT2D eigenvalue weighted by atomic mass is 16.7. The van der Waals surface area contributed by atoms with Crippen LogP contribution in [0.5, 0.6) is 0 Å². The molecule has 0 bridgehead atoms. The third-order valence-electron chi connectivity index (χ3n) is 3.56. The van der Waals surface area contributed by atoms with E-state index in [-0.39, 0.29) is 24.2 Å². The Hall–Kier alpha value is -2.94. The minimum absolute atomic E-state index is 0.0285. The van der Waals surface area contributed by atoms with Crippen molar-refractivity contribution in [3.63, 3.8) is 0 Å². The van der Waals surface area contributed by atoms with Crippen molar-refractivity contribution in [1.82, 2.24) is 10.4 Å². The second kappa shape index (κ2) is 8.17. The topological polar surface area (TPSA) is 111 Å². The standard InChI is InChI=1S/C18H22N2O7/c1-18(2,3)27-17(24)19-13(16(23)25-4)9-10-26-20-14(21)11-7-5-6-8-12(11)15(20)22/h5-8,13H,9-10H2,1-4H3,(H,19,24). The van der Waals surface area contributed by atoms with Gasteiger partial charge in [-0.2, -0.15) is 0 Å². The number of hydroxylamine groups is 2. The van der Waals surface area contributed by atoms with Crippen LogP contribution in [-0.2, 0) is 19.1 Å². The smallest absolute Gasteiger partial charge is 0.408 e. The van der Waals surface area contributed by atoms with Gasteiger partial charge >= 0.3 is 12.1 Å². The zero-order valence-electron chi connectivity index (χ0n) is 15.6. The second-order valence-corrected chi connectivity index (χ2v) is 6.79. The van der Waals surface area contributed by atoms with Gasteiger partial charge in [0.15, 0.2) is 0 Å². The fourth-order valence-corrected chi connectivity index (χ4v) is 2.39. The van der Waals surface area contributed by atoms with E-state index in [1.54, 1.807) is 32.9 Å². The minimum Gasteiger partial charge on any atom is -0.467 e. The van der Waals surface area contributed by atoms with Crippen molar-refractivity contribution < 1.29 is 33.5 Å². The number of nitrogens with zero attached hydrogens (tertiary/aromatic N) is 1. The number of benzene rings is 1. The Morgan fingerprint density at radius 2 is 1.67 bits per heavy atom. The van der Waals surface area contributed by atoms with Gasteiger partial charge < -0.3 is 14.8 Å². The molecule has 1 aromatic carbocycles. The normalized spacial score (nSPS) is 14.6. The first kappa shape index (κ1) is 20.4. The van der Waals surface area contributed by atoms with Crippen molar-refractivity contribution in [1.29, 1.82) is 0 Å². The van der Waals surface area contributed by atoms with E-state index in [4.69, 9.17) is 9.57 Å². The van der Waals surface area contributed by atoms with Gasteiger partial charge in [-0.25, -0.2) is 9.59 Å². The summed E-state index contributed by atoms with van der Waals surface area (Å²) >= 11 is 0. The summed E-state index contributed by atoms with van der Waals surface area (Å²) in [6, 6.07) is 5.29. The van der Waals surface area contributed by atoms with E-state index < -0.39 is 35.5 Å². The Morgan fingerprint density at radius 1 is 1.11 bits per heavy atom. The van der Waals surface area contributed by atoms with Gasteiger partial charge in [0.25, 0.3) is 11.8 Å². The molecule has 0 fully saturated rings. The van der Waals surface area contributed by atoms with Crippen molar-refractivity contribution in [3.8, 4) is 0 Å². The number of esters is 1. The Kier molecular flexibility index (Phi) is 6.17. The number of hydrogen-bond acceptors (Lipinski definition) is 7. The van der Waals surface area contributed by atoms with Crippen LogP contribution < -0.4 is 5.32 Å². The summed E-state index contributed by atoms with van der Waals surface area (Å²) in [4.78, 5) is 53.4. The maximum Gasteiger partial charge on any atom is 0.408 e. The minimum atomic E-state index is -1.06. The van der Waals surface area contributed by atoms with Crippen molar-refractivity contribution in [2.24, 2.45) is 0 Å². The van der Waals surface area contributed by atoms with Gasteiger partial charge in [-0.15, -0.1) is 5.06 Å². The summed E-state index contributed by atoms with van der Waals surface area (Å²) in [6.07, 6.45) is -0.821. The number of carbonyl (C=O) groups is 4. The maximum atomic E-state index is 12.2. The van der Waals surface area contributed by atoms with E-state index in [9.17, 15) is 19.2 Å². The summed E-state index contributed by atoms with van der Waals surface area (Å²) in [5.41, 5.74) is -0.237. The lowest BCUT2D eigenvalue weighted by Crippen LogP contribution is -2.45. The molecule has 27 heavy (non-hydrogen) atoms. The van der Waals surface area contributed by atoms with Crippen LogP contribution in [0.4, 0.5) is 4.79 Å². The van der Waals surface area contributed by atoms with Crippen LogP contribution in [0.3, 0.4) is 0 Å². The molecule has 1 aromatic rings. The largest absolute Gasteiger partial charge is 0.467 e. The molecule has 146 valence electrons. The lowest BCUT2D eigenvalue weighted by molar-refractivity contribution is -0.144. The van der Waals surface area contributed by atoms with E-state index in [2.05, 4.69) is 10.1 Å². The first-order chi connectivity index (χ1) is 12.6. The Balaban J connectivity index is 1.94. The zero-order valence-corrected chi connectivity index (χ0v) is 15.6. The molecule has 0 aromatic heterocycles. The van der Waals surface area contributed by atoms with E-state index in [1.165, 1.54) is 19.2 Å². The van der Waals surface area contributed by atoms with Gasteiger partial charge in [0.1, 0.15) is 11.6 Å². The average molecular weight is 378 g/mol. The maximum absolute atomic E-state index is 12.2. The molecule has 0 spiro atoms. The Bertz CT molecular complexity index is 719. The Morgan fingerprint density at radius 3 is 2.15 bits per heavy atom. The van der Waals surface area contributed by atoms with E-state index in [1.807, 2.05) is 0 Å². The molecule has 0 aliphatic carbocycles. The van der Waals surface area contributed by atoms with Gasteiger partial charge in [0.05, 0.1) is 24.8 Å². The fraction of sp³-hybridized carbons (Fsp3) is 0.444. The molecule has 1 atom stereocenters. The number of hydrogen-bond donors (Lipinski definition) is 1. The highest BCUT2D eigenvalue weighted by Crippen LogP contribution is 2.22. The summed E-state index contributed by atoms with van der Waals surface area (Å²) in [7, 11) is 1.18. The average Bonchev–Trinajstić information content (AvgIpc) is 2.83. The van der Waals surface area contributed by atoms with E-state index in [0.29, 0.717) is 5.06 Å². The first-order valence-corrected chi connectivity index (χ1v) is 8.32. The number of carbonyl (C=O) groups excluding carboxylic acids is 4. The molecule has 0 saturated carbocycles. The first-order valence-electron chi connectivity index (χ1n) is 8.32. The van der Waals surface area contributed by atoms with Crippen LogP contribution in [0.15, 0.2) is 24.3 Å². The summed E-state index contributed by atoms with van der Waals surface area (Å²) in [5.74, 6) is -1.86. The molecule has 1 heterocycles. The third-order valence-corrected chi connectivity index (χ3v) is 3.56. The molecule has 9 nitrogen and oxygen atoms in total. The molecule has 1 aliphatic heterocycles. The molecule has 1 N–H and O–H groups in total. The second-order valence-electron chi connectivity index (χ2n) is 6.79. The molecule has 2 rings (SSSR count). The lowest BCUT2D eigenvalue weighted by atomic mass is 10.1. The van der Waals surface area contributed by atoms with Crippen molar-refractivity contribution >= 4 is 23.9 Å². The van der Waals surface area contributed by atoms with Gasteiger partial charge in [-0.05, 0) is 32.9 Å². The molecule has 3 amide bonds. The number of amides is 3. The van der Waals surface area contributed by atoms with Crippen LogP contribution in [-0.4, -0.2) is 54.3 Å². The zero-order chi connectivity index (χ0) is 20.2. The number of ether oxygens (including phenoxy) is 2. The van der Waals surface area contributed by atoms with Gasteiger partial charge in [-0.3, -0.25) is 14.4 Å². The summed E-state index contributed by atoms with van der Waals surface area (Å²) in [5, 5.41) is 3.03. The summed E-state index contributed by atoms with van der Waals surface area (Å²) < 4.78 is 9.75. The van der Waals surface area contributed by atoms with E-state index in [0.717, 1.165) is 0 Å². The summed E-state index contributed by atoms with van der Waals surface area (Å²) in [6.45, 7) is 4.88. The van der Waals surface area contributed by atoms with Crippen molar-refractivity contribution in [2.75, 3.05) is 13.7 Å². The number of fused-ring (bicyclic) bond motifs is 1. The number of nitrogens with one attached hydrogen (secondary N) is 1. The molecule has 0 radical (unpaired) electrons. The van der Waals surface area contributed by atoms with Crippen molar-refractivity contribution in [3.05, 3.63) is 35.4 Å². The predicted octanol–water partition coefficient (Wildman–Crippen LogP) is 1.67. The number of alkyl carbamates (subject to hydrolysis) is 1. The number of methoxy groups -OCH3 is 1. The fourth-order valence-electron chi connectivity index (χ4n) is 2.39. The molecule has 0 saturated heterocycles. The SMILES string of the molecule is COC(=O)C(CCON1C(=O)c2ccccc2C1=O)NC(=O)OC(C)(C)C. The molecule has 1 unspecified atom stereocenters. The van der Waals surface area contributed by atoms with Gasteiger partial charge in [0.2, 0.25) is 0 Å². The predicted molar refractivity (Wildman–Crippen MR) is 92.7 cm³/mol. The lowest BCUT2D eigenvalue weighted by Gasteiger charge is -2.23. The Labute approximate surface area is 156 Å². The molecular formula is C18H22N2O7. The highest BCUT2D eigenvalue weighted by molar-refractivity contribution is 6.20. The van der Waals surface area contributed by atoms with Crippen LogP contribution >= 0.6 is 0 Å². The molecule has 1 aliphatic rings. The van der Waals surface area contributed by atoms with Crippen molar-refractivity contribution in [2.45, 2.75) is 38.8 Å². The molecule has 9 heteroatoms. The van der Waals surface area contributed by atoms with Crippen LogP contribution in [0, 0.1) is 0 Å². The van der Waals surface area contributed by atoms with E-state index >= 15 is 0 Å². The van der Waals surface area contributed by atoms with Crippen LogP contribution in [0.25, 0.3) is 0 Å². The number of imide groups is 1. The van der Waals surface area contributed by atoms with Gasteiger partial charge in [-0.1, -0.05) is 12.1 Å². The van der Waals surface area contributed by atoms with Crippen LogP contribution in [0.1, 0.15) is 47.9 Å². The third kappa shape index (κ3) is 5.04. The number of rotatable bonds is 6. The quantitative estimate of drug-likeness (QED) is 0.592. The van der Waals surface area contributed by atoms with Crippen LogP contribution in [0.2, 0.25) is 0 Å². The van der Waals surface area contributed by atoms with Gasteiger partial charge in [0, 0.05) is 6.42 Å². The highest BCUT2D eigenvalue weighted by Gasteiger charge is 2.36.